The molecule has 0 aromatic heterocycles. The van der Waals surface area contributed by atoms with Gasteiger partial charge in [0.05, 0.1) is 11.6 Å². The lowest BCUT2D eigenvalue weighted by molar-refractivity contribution is 0.0163. The number of aliphatic hydroxyl groups is 1. The van der Waals surface area contributed by atoms with Crippen molar-refractivity contribution >= 4 is 6.09 Å². The van der Waals surface area contributed by atoms with Crippen LogP contribution in [0.25, 0.3) is 0 Å². The molecular formula is C15H19NO3. The molecule has 2 rings (SSSR count). The van der Waals surface area contributed by atoms with Gasteiger partial charge in [0, 0.05) is 0 Å². The van der Waals surface area contributed by atoms with Gasteiger partial charge in [0.1, 0.15) is 6.61 Å². The molecule has 2 atom stereocenters. The van der Waals surface area contributed by atoms with Crippen molar-refractivity contribution in [3.63, 3.8) is 0 Å². The van der Waals surface area contributed by atoms with E-state index in [0.29, 0.717) is 12.8 Å². The Bertz CT molecular complexity index is 454. The molecule has 0 heterocycles. The maximum Gasteiger partial charge on any atom is 0.407 e. The normalized spacial score (nSPS) is 25.9. The fourth-order valence-electron chi connectivity index (χ4n) is 2.07. The van der Waals surface area contributed by atoms with Crippen LogP contribution in [0.1, 0.15) is 25.3 Å². The SMILES string of the molecule is C[C@]1(O)CC=CC[C@@H]1NC(=O)OCc1ccccc1. The largest absolute Gasteiger partial charge is 0.445 e. The molecule has 102 valence electrons. The predicted molar refractivity (Wildman–Crippen MR) is 72.5 cm³/mol. The lowest BCUT2D eigenvalue weighted by atomic mass is 9.86. The number of hydrogen-bond acceptors (Lipinski definition) is 3. The number of nitrogens with one attached hydrogen (secondary N) is 1. The van der Waals surface area contributed by atoms with E-state index in [1.54, 1.807) is 6.92 Å². The molecular weight excluding hydrogens is 242 g/mol. The molecule has 1 aromatic rings. The molecule has 1 aliphatic rings. The van der Waals surface area contributed by atoms with Crippen LogP contribution in [0.5, 0.6) is 0 Å². The van der Waals surface area contributed by atoms with E-state index >= 15 is 0 Å². The number of carbonyl (C=O) groups excluding carboxylic acids is 1. The number of benzene rings is 1. The quantitative estimate of drug-likeness (QED) is 0.821. The van der Waals surface area contributed by atoms with Gasteiger partial charge < -0.3 is 15.2 Å². The van der Waals surface area contributed by atoms with Crippen molar-refractivity contribution in [3.05, 3.63) is 48.0 Å². The minimum Gasteiger partial charge on any atom is -0.445 e. The number of rotatable bonds is 3. The summed E-state index contributed by atoms with van der Waals surface area (Å²) >= 11 is 0. The Kier molecular flexibility index (Phi) is 4.22. The fourth-order valence-corrected chi connectivity index (χ4v) is 2.07. The number of alkyl carbamates (subject to hydrolysis) is 1. The third-order valence-corrected chi connectivity index (χ3v) is 3.33. The van der Waals surface area contributed by atoms with Crippen LogP contribution in [0.2, 0.25) is 0 Å². The maximum absolute atomic E-state index is 11.7. The van der Waals surface area contributed by atoms with Gasteiger partial charge in [-0.15, -0.1) is 0 Å². The van der Waals surface area contributed by atoms with Crippen molar-refractivity contribution in [1.29, 1.82) is 0 Å². The first kappa shape index (κ1) is 13.6. The Morgan fingerprint density at radius 1 is 1.42 bits per heavy atom. The van der Waals surface area contributed by atoms with Crippen molar-refractivity contribution < 1.29 is 14.6 Å². The van der Waals surface area contributed by atoms with Gasteiger partial charge >= 0.3 is 6.09 Å². The molecule has 1 aliphatic carbocycles. The van der Waals surface area contributed by atoms with E-state index in [4.69, 9.17) is 4.74 Å². The van der Waals surface area contributed by atoms with Crippen LogP contribution in [-0.4, -0.2) is 22.8 Å². The van der Waals surface area contributed by atoms with Crippen molar-refractivity contribution in [3.8, 4) is 0 Å². The van der Waals surface area contributed by atoms with Crippen LogP contribution in [0.15, 0.2) is 42.5 Å². The van der Waals surface area contributed by atoms with Crippen molar-refractivity contribution in [2.45, 2.75) is 38.0 Å². The first-order valence-corrected chi connectivity index (χ1v) is 6.42. The van der Waals surface area contributed by atoms with E-state index in [0.717, 1.165) is 5.56 Å². The zero-order valence-electron chi connectivity index (χ0n) is 11.0. The molecule has 0 saturated heterocycles. The molecule has 0 radical (unpaired) electrons. The highest BCUT2D eigenvalue weighted by Gasteiger charge is 2.33. The molecule has 0 unspecified atom stereocenters. The minimum atomic E-state index is -0.916. The molecule has 0 saturated carbocycles. The van der Waals surface area contributed by atoms with E-state index < -0.39 is 11.7 Å². The first-order valence-electron chi connectivity index (χ1n) is 6.42. The average Bonchev–Trinajstić information content (AvgIpc) is 2.40. The summed E-state index contributed by atoms with van der Waals surface area (Å²) in [4.78, 5) is 11.7. The molecule has 2 N–H and O–H groups in total. The highest BCUT2D eigenvalue weighted by molar-refractivity contribution is 5.67. The van der Waals surface area contributed by atoms with Crippen molar-refractivity contribution in [1.82, 2.24) is 5.32 Å². The van der Waals surface area contributed by atoms with Gasteiger partial charge in [0.2, 0.25) is 0 Å². The zero-order valence-corrected chi connectivity index (χ0v) is 11.0. The third kappa shape index (κ3) is 3.83. The Hall–Kier alpha value is -1.81. The summed E-state index contributed by atoms with van der Waals surface area (Å²) in [7, 11) is 0. The third-order valence-electron chi connectivity index (χ3n) is 3.33. The van der Waals surface area contributed by atoms with Gasteiger partial charge in [-0.25, -0.2) is 4.79 Å². The lowest BCUT2D eigenvalue weighted by Gasteiger charge is -2.34. The number of ether oxygens (including phenoxy) is 1. The zero-order chi connectivity index (χ0) is 13.7. The molecule has 1 aromatic carbocycles. The molecule has 0 fully saturated rings. The average molecular weight is 261 g/mol. The van der Waals surface area contributed by atoms with Gasteiger partial charge in [-0.05, 0) is 25.3 Å². The predicted octanol–water partition coefficient (Wildman–Crippen LogP) is 2.38. The van der Waals surface area contributed by atoms with Crippen LogP contribution in [0, 0.1) is 0 Å². The summed E-state index contributed by atoms with van der Waals surface area (Å²) in [6.45, 7) is 1.95. The monoisotopic (exact) mass is 261 g/mol. The molecule has 4 nitrogen and oxygen atoms in total. The van der Waals surface area contributed by atoms with E-state index in [1.807, 2.05) is 42.5 Å². The maximum atomic E-state index is 11.7. The first-order chi connectivity index (χ1) is 9.08. The van der Waals surface area contributed by atoms with Crippen LogP contribution >= 0.6 is 0 Å². The Morgan fingerprint density at radius 3 is 2.84 bits per heavy atom. The summed E-state index contributed by atoms with van der Waals surface area (Å²) in [5.41, 5.74) is 0.0218. The lowest BCUT2D eigenvalue weighted by Crippen LogP contribution is -2.51. The Labute approximate surface area is 113 Å². The van der Waals surface area contributed by atoms with Gasteiger partial charge in [-0.3, -0.25) is 0 Å². The topological polar surface area (TPSA) is 58.6 Å². The molecule has 0 spiro atoms. The second-order valence-corrected chi connectivity index (χ2v) is 5.03. The van der Waals surface area contributed by atoms with Crippen molar-refractivity contribution in [2.24, 2.45) is 0 Å². The van der Waals surface area contributed by atoms with Crippen LogP contribution < -0.4 is 5.32 Å². The molecule has 0 bridgehead atoms. The van der Waals surface area contributed by atoms with Gasteiger partial charge in [-0.2, -0.15) is 0 Å². The van der Waals surface area contributed by atoms with E-state index in [1.165, 1.54) is 0 Å². The second-order valence-electron chi connectivity index (χ2n) is 5.03. The minimum absolute atomic E-state index is 0.234. The Balaban J connectivity index is 1.83. The van der Waals surface area contributed by atoms with Crippen LogP contribution in [0.3, 0.4) is 0 Å². The van der Waals surface area contributed by atoms with Crippen molar-refractivity contribution in [2.75, 3.05) is 0 Å². The van der Waals surface area contributed by atoms with E-state index in [-0.39, 0.29) is 12.6 Å². The van der Waals surface area contributed by atoms with Crippen LogP contribution in [0.4, 0.5) is 4.79 Å². The summed E-state index contributed by atoms with van der Waals surface area (Å²) < 4.78 is 5.14. The highest BCUT2D eigenvalue weighted by Crippen LogP contribution is 2.23. The van der Waals surface area contributed by atoms with Crippen LogP contribution in [-0.2, 0) is 11.3 Å². The molecule has 4 heteroatoms. The fraction of sp³-hybridized carbons (Fsp3) is 0.400. The number of hydrogen-bond donors (Lipinski definition) is 2. The molecule has 0 aliphatic heterocycles. The Morgan fingerprint density at radius 2 is 2.16 bits per heavy atom. The summed E-state index contributed by atoms with van der Waals surface area (Å²) in [6.07, 6.45) is 4.54. The summed E-state index contributed by atoms with van der Waals surface area (Å²) in [6, 6.07) is 9.19. The standard InChI is InChI=1S/C15H19NO3/c1-15(18)10-6-5-9-13(15)16-14(17)19-11-12-7-3-2-4-8-12/h2-8,13,18H,9-11H2,1H3,(H,16,17)/t13-,15-/m0/s1. The smallest absolute Gasteiger partial charge is 0.407 e. The van der Waals surface area contributed by atoms with E-state index in [2.05, 4.69) is 5.32 Å². The van der Waals surface area contributed by atoms with E-state index in [9.17, 15) is 9.90 Å². The summed E-state index contributed by atoms with van der Waals surface area (Å²) in [5.74, 6) is 0. The van der Waals surface area contributed by atoms with Gasteiger partial charge in [0.15, 0.2) is 0 Å². The summed E-state index contributed by atoms with van der Waals surface area (Å²) in [5, 5.41) is 12.9. The number of amides is 1. The number of carbonyl (C=O) groups is 1. The molecule has 1 amide bonds. The second kappa shape index (κ2) is 5.89. The molecule has 19 heavy (non-hydrogen) atoms. The highest BCUT2D eigenvalue weighted by atomic mass is 16.5. The van der Waals surface area contributed by atoms with Gasteiger partial charge in [0.25, 0.3) is 0 Å². The van der Waals surface area contributed by atoms with Gasteiger partial charge in [-0.1, -0.05) is 42.5 Å².